The van der Waals surface area contributed by atoms with E-state index in [1.165, 1.54) is 5.57 Å². The zero-order valence-electron chi connectivity index (χ0n) is 7.55. The monoisotopic (exact) mass is 152 g/mol. The van der Waals surface area contributed by atoms with Crippen LogP contribution in [-0.2, 0) is 4.79 Å². The Morgan fingerprint density at radius 1 is 1.55 bits per heavy atom. The smallest absolute Gasteiger partial charge is 0.140 e. The van der Waals surface area contributed by atoms with E-state index in [4.69, 9.17) is 0 Å². The number of allylic oxidation sites excluding steroid dienone is 2. The third kappa shape index (κ3) is 1.70. The van der Waals surface area contributed by atoms with Crippen molar-refractivity contribution in [2.45, 2.75) is 33.6 Å². The van der Waals surface area contributed by atoms with Crippen molar-refractivity contribution in [3.05, 3.63) is 11.6 Å². The molecule has 0 radical (unpaired) electrons. The molecule has 0 unspecified atom stereocenters. The topological polar surface area (TPSA) is 17.1 Å². The standard InChI is InChI=1S/C10H16O/c1-7(2)10-8(3)5-4-6-9(10)11/h5,7,10H,4,6H2,1-3H3/t10-/m1/s1. The normalized spacial score (nSPS) is 25.6. The fourth-order valence-electron chi connectivity index (χ4n) is 1.88. The number of carbonyl (C=O) groups is 1. The van der Waals surface area contributed by atoms with Gasteiger partial charge in [-0.25, -0.2) is 0 Å². The highest BCUT2D eigenvalue weighted by Crippen LogP contribution is 2.27. The lowest BCUT2D eigenvalue weighted by Gasteiger charge is -2.23. The van der Waals surface area contributed by atoms with Crippen LogP contribution in [0.3, 0.4) is 0 Å². The highest BCUT2D eigenvalue weighted by atomic mass is 16.1. The summed E-state index contributed by atoms with van der Waals surface area (Å²) in [6.07, 6.45) is 3.90. The molecule has 0 N–H and O–H groups in total. The zero-order valence-corrected chi connectivity index (χ0v) is 7.55. The first-order valence-corrected chi connectivity index (χ1v) is 4.32. The molecule has 1 aliphatic rings. The molecule has 0 heterocycles. The predicted molar refractivity (Wildman–Crippen MR) is 46.3 cm³/mol. The highest BCUT2D eigenvalue weighted by Gasteiger charge is 2.25. The molecule has 0 aromatic rings. The summed E-state index contributed by atoms with van der Waals surface area (Å²) in [4.78, 5) is 11.4. The van der Waals surface area contributed by atoms with Crippen LogP contribution in [0.15, 0.2) is 11.6 Å². The van der Waals surface area contributed by atoms with E-state index < -0.39 is 0 Å². The van der Waals surface area contributed by atoms with Crippen molar-refractivity contribution < 1.29 is 4.79 Å². The van der Waals surface area contributed by atoms with Gasteiger partial charge in [-0.15, -0.1) is 0 Å². The van der Waals surface area contributed by atoms with Gasteiger partial charge in [0.25, 0.3) is 0 Å². The number of rotatable bonds is 1. The van der Waals surface area contributed by atoms with Crippen molar-refractivity contribution in [2.24, 2.45) is 11.8 Å². The van der Waals surface area contributed by atoms with Crippen LogP contribution in [0.1, 0.15) is 33.6 Å². The molecule has 1 aliphatic carbocycles. The Bertz CT molecular complexity index is 189. The Morgan fingerprint density at radius 2 is 2.18 bits per heavy atom. The average Bonchev–Trinajstić information content (AvgIpc) is 1.85. The molecule has 1 atom stereocenters. The fourth-order valence-corrected chi connectivity index (χ4v) is 1.88. The minimum atomic E-state index is 0.212. The van der Waals surface area contributed by atoms with Crippen molar-refractivity contribution in [3.63, 3.8) is 0 Å². The molecule has 0 bridgehead atoms. The van der Waals surface area contributed by atoms with E-state index in [1.807, 2.05) is 0 Å². The van der Waals surface area contributed by atoms with Crippen LogP contribution in [-0.4, -0.2) is 5.78 Å². The minimum Gasteiger partial charge on any atom is -0.299 e. The molecule has 11 heavy (non-hydrogen) atoms. The van der Waals surface area contributed by atoms with Gasteiger partial charge >= 0.3 is 0 Å². The molecule has 0 aliphatic heterocycles. The third-order valence-electron chi connectivity index (χ3n) is 2.36. The Morgan fingerprint density at radius 3 is 2.55 bits per heavy atom. The molecule has 62 valence electrons. The van der Waals surface area contributed by atoms with Crippen LogP contribution in [0.5, 0.6) is 0 Å². The lowest BCUT2D eigenvalue weighted by molar-refractivity contribution is -0.123. The summed E-state index contributed by atoms with van der Waals surface area (Å²) in [6, 6.07) is 0. The van der Waals surface area contributed by atoms with Gasteiger partial charge in [-0.1, -0.05) is 25.5 Å². The molecule has 1 heteroatoms. The van der Waals surface area contributed by atoms with Gasteiger partial charge in [-0.3, -0.25) is 4.79 Å². The number of Topliss-reactive ketones (excluding diaryl/α,β-unsaturated/α-hetero) is 1. The summed E-state index contributed by atoms with van der Waals surface area (Å²) < 4.78 is 0. The molecular weight excluding hydrogens is 136 g/mol. The lowest BCUT2D eigenvalue weighted by atomic mass is 9.80. The molecule has 0 aromatic heterocycles. The van der Waals surface area contributed by atoms with Gasteiger partial charge in [-0.05, 0) is 19.3 Å². The molecule has 0 spiro atoms. The van der Waals surface area contributed by atoms with Gasteiger partial charge in [0.2, 0.25) is 0 Å². The molecular formula is C10H16O. The van der Waals surface area contributed by atoms with E-state index in [2.05, 4.69) is 26.8 Å². The summed E-state index contributed by atoms with van der Waals surface area (Å²) in [6.45, 7) is 6.30. The van der Waals surface area contributed by atoms with Crippen LogP contribution >= 0.6 is 0 Å². The maximum Gasteiger partial charge on any atom is 0.140 e. The van der Waals surface area contributed by atoms with Crippen LogP contribution in [0.4, 0.5) is 0 Å². The average molecular weight is 152 g/mol. The fraction of sp³-hybridized carbons (Fsp3) is 0.700. The van der Waals surface area contributed by atoms with E-state index >= 15 is 0 Å². The van der Waals surface area contributed by atoms with E-state index in [-0.39, 0.29) is 5.92 Å². The van der Waals surface area contributed by atoms with Crippen molar-refractivity contribution in [3.8, 4) is 0 Å². The van der Waals surface area contributed by atoms with Crippen molar-refractivity contribution in [2.75, 3.05) is 0 Å². The van der Waals surface area contributed by atoms with Crippen LogP contribution < -0.4 is 0 Å². The van der Waals surface area contributed by atoms with Gasteiger partial charge in [0, 0.05) is 12.3 Å². The first-order valence-electron chi connectivity index (χ1n) is 4.32. The zero-order chi connectivity index (χ0) is 8.43. The number of carbonyl (C=O) groups excluding carboxylic acids is 1. The Balaban J connectivity index is 2.80. The first-order chi connectivity index (χ1) is 5.13. The second-order valence-corrected chi connectivity index (χ2v) is 3.67. The number of hydrogen-bond acceptors (Lipinski definition) is 1. The molecule has 0 aromatic carbocycles. The highest BCUT2D eigenvalue weighted by molar-refractivity contribution is 5.85. The summed E-state index contributed by atoms with van der Waals surface area (Å²) in [7, 11) is 0. The third-order valence-corrected chi connectivity index (χ3v) is 2.36. The lowest BCUT2D eigenvalue weighted by Crippen LogP contribution is -2.23. The minimum absolute atomic E-state index is 0.212. The maximum atomic E-state index is 11.4. The van der Waals surface area contributed by atoms with E-state index in [0.29, 0.717) is 11.7 Å². The van der Waals surface area contributed by atoms with E-state index in [0.717, 1.165) is 12.8 Å². The molecule has 0 saturated heterocycles. The molecule has 0 amide bonds. The van der Waals surface area contributed by atoms with Gasteiger partial charge < -0.3 is 0 Å². The predicted octanol–water partition coefficient (Wildman–Crippen LogP) is 2.57. The maximum absolute atomic E-state index is 11.4. The number of ketones is 1. The Hall–Kier alpha value is -0.590. The Kier molecular flexibility index (Phi) is 2.48. The second-order valence-electron chi connectivity index (χ2n) is 3.67. The van der Waals surface area contributed by atoms with Gasteiger partial charge in [0.15, 0.2) is 0 Å². The van der Waals surface area contributed by atoms with Gasteiger partial charge in [0.05, 0.1) is 0 Å². The second kappa shape index (κ2) is 3.21. The first kappa shape index (κ1) is 8.51. The van der Waals surface area contributed by atoms with Crippen LogP contribution in [0, 0.1) is 11.8 Å². The van der Waals surface area contributed by atoms with Crippen molar-refractivity contribution in [1.82, 2.24) is 0 Å². The van der Waals surface area contributed by atoms with Gasteiger partial charge in [-0.2, -0.15) is 0 Å². The van der Waals surface area contributed by atoms with Crippen molar-refractivity contribution in [1.29, 1.82) is 0 Å². The van der Waals surface area contributed by atoms with Crippen molar-refractivity contribution >= 4 is 5.78 Å². The quantitative estimate of drug-likeness (QED) is 0.528. The number of hydrogen-bond donors (Lipinski definition) is 0. The largest absolute Gasteiger partial charge is 0.299 e. The Labute approximate surface area is 68.5 Å². The molecule has 1 nitrogen and oxygen atoms in total. The molecule has 0 fully saturated rings. The molecule has 0 saturated carbocycles. The summed E-state index contributed by atoms with van der Waals surface area (Å²) in [5.41, 5.74) is 1.27. The summed E-state index contributed by atoms with van der Waals surface area (Å²) in [5, 5.41) is 0. The van der Waals surface area contributed by atoms with E-state index in [1.54, 1.807) is 0 Å². The van der Waals surface area contributed by atoms with E-state index in [9.17, 15) is 4.79 Å². The SMILES string of the molecule is CC1=CCCC(=O)[C@@H]1C(C)C. The summed E-state index contributed by atoms with van der Waals surface area (Å²) in [5.74, 6) is 1.11. The summed E-state index contributed by atoms with van der Waals surface area (Å²) >= 11 is 0. The molecule has 1 rings (SSSR count). The van der Waals surface area contributed by atoms with Crippen LogP contribution in [0.25, 0.3) is 0 Å². The van der Waals surface area contributed by atoms with Gasteiger partial charge in [0.1, 0.15) is 5.78 Å². The van der Waals surface area contributed by atoms with Crippen LogP contribution in [0.2, 0.25) is 0 Å².